The first-order valence-electron chi connectivity index (χ1n) is 8.20. The molecule has 0 bridgehead atoms. The number of amides is 1. The highest BCUT2D eigenvalue weighted by molar-refractivity contribution is 5.78. The first-order chi connectivity index (χ1) is 9.74. The van der Waals surface area contributed by atoms with Crippen LogP contribution in [0.2, 0.25) is 0 Å². The van der Waals surface area contributed by atoms with Gasteiger partial charge >= 0.3 is 0 Å². The second kappa shape index (κ2) is 6.41. The Morgan fingerprint density at radius 3 is 2.75 bits per heavy atom. The SMILES string of the molecule is CC1CN2CCCCC2CN1C(=O)CN1CCNCC1. The molecule has 0 aromatic rings. The molecule has 0 aromatic carbocycles. The van der Waals surface area contributed by atoms with E-state index in [0.717, 1.165) is 39.3 Å². The van der Waals surface area contributed by atoms with Gasteiger partial charge in [-0.3, -0.25) is 14.6 Å². The van der Waals surface area contributed by atoms with Crippen molar-refractivity contribution in [2.45, 2.75) is 38.3 Å². The summed E-state index contributed by atoms with van der Waals surface area (Å²) in [6.45, 7) is 10.1. The van der Waals surface area contributed by atoms with Crippen molar-refractivity contribution in [3.8, 4) is 0 Å². The Morgan fingerprint density at radius 1 is 1.15 bits per heavy atom. The van der Waals surface area contributed by atoms with Crippen LogP contribution in [0.15, 0.2) is 0 Å². The zero-order valence-corrected chi connectivity index (χ0v) is 12.7. The van der Waals surface area contributed by atoms with Crippen LogP contribution in [0.5, 0.6) is 0 Å². The molecule has 2 atom stereocenters. The van der Waals surface area contributed by atoms with E-state index in [0.29, 0.717) is 24.5 Å². The van der Waals surface area contributed by atoms with E-state index in [2.05, 4.69) is 26.9 Å². The van der Waals surface area contributed by atoms with Gasteiger partial charge in [0.1, 0.15) is 0 Å². The molecule has 3 heterocycles. The van der Waals surface area contributed by atoms with E-state index >= 15 is 0 Å². The van der Waals surface area contributed by atoms with Crippen molar-refractivity contribution in [2.24, 2.45) is 0 Å². The van der Waals surface area contributed by atoms with Gasteiger partial charge in [0.25, 0.3) is 0 Å². The van der Waals surface area contributed by atoms with Gasteiger partial charge in [-0.05, 0) is 26.3 Å². The fourth-order valence-electron chi connectivity index (χ4n) is 3.85. The lowest BCUT2D eigenvalue weighted by Gasteiger charge is -2.48. The molecule has 20 heavy (non-hydrogen) atoms. The number of carbonyl (C=O) groups is 1. The molecule has 1 N–H and O–H groups in total. The Bertz CT molecular complexity index is 343. The zero-order chi connectivity index (χ0) is 13.9. The van der Waals surface area contributed by atoms with E-state index in [9.17, 15) is 4.79 Å². The lowest BCUT2D eigenvalue weighted by Crippen LogP contribution is -2.61. The van der Waals surface area contributed by atoms with Gasteiger partial charge in [-0.2, -0.15) is 0 Å². The zero-order valence-electron chi connectivity index (χ0n) is 12.7. The van der Waals surface area contributed by atoms with Crippen LogP contribution in [-0.4, -0.2) is 85.0 Å². The van der Waals surface area contributed by atoms with Gasteiger partial charge in [-0.15, -0.1) is 0 Å². The third kappa shape index (κ3) is 3.15. The Morgan fingerprint density at radius 2 is 1.95 bits per heavy atom. The average Bonchev–Trinajstić information content (AvgIpc) is 2.47. The second-order valence-corrected chi connectivity index (χ2v) is 6.57. The van der Waals surface area contributed by atoms with Crippen LogP contribution in [-0.2, 0) is 4.79 Å². The molecule has 0 aromatic heterocycles. The highest BCUT2D eigenvalue weighted by Gasteiger charge is 2.35. The predicted molar refractivity (Wildman–Crippen MR) is 79.7 cm³/mol. The smallest absolute Gasteiger partial charge is 0.237 e. The van der Waals surface area contributed by atoms with Crippen molar-refractivity contribution in [3.63, 3.8) is 0 Å². The Hall–Kier alpha value is -0.650. The molecule has 5 heteroatoms. The van der Waals surface area contributed by atoms with Gasteiger partial charge in [-0.25, -0.2) is 0 Å². The molecule has 0 spiro atoms. The van der Waals surface area contributed by atoms with E-state index in [1.165, 1.54) is 25.8 Å². The monoisotopic (exact) mass is 280 g/mol. The Labute approximate surface area is 122 Å². The highest BCUT2D eigenvalue weighted by atomic mass is 16.2. The Balaban J connectivity index is 1.56. The number of fused-ring (bicyclic) bond motifs is 1. The first-order valence-corrected chi connectivity index (χ1v) is 8.20. The molecule has 3 aliphatic rings. The number of rotatable bonds is 2. The summed E-state index contributed by atoms with van der Waals surface area (Å²) >= 11 is 0. The van der Waals surface area contributed by atoms with Gasteiger partial charge in [0.05, 0.1) is 6.54 Å². The van der Waals surface area contributed by atoms with Crippen LogP contribution in [0.4, 0.5) is 0 Å². The minimum atomic E-state index is 0.338. The topological polar surface area (TPSA) is 38.8 Å². The normalized spacial score (nSPS) is 33.0. The third-order valence-corrected chi connectivity index (χ3v) is 5.08. The molecule has 0 radical (unpaired) electrons. The Kier molecular flexibility index (Phi) is 4.58. The summed E-state index contributed by atoms with van der Waals surface area (Å²) < 4.78 is 0. The van der Waals surface area contributed by atoms with Crippen molar-refractivity contribution < 1.29 is 4.79 Å². The van der Waals surface area contributed by atoms with Crippen LogP contribution in [0, 0.1) is 0 Å². The summed E-state index contributed by atoms with van der Waals surface area (Å²) in [7, 11) is 0. The fourth-order valence-corrected chi connectivity index (χ4v) is 3.85. The van der Waals surface area contributed by atoms with E-state index in [1.807, 2.05) is 0 Å². The van der Waals surface area contributed by atoms with E-state index in [1.54, 1.807) is 0 Å². The number of hydrogen-bond donors (Lipinski definition) is 1. The summed E-state index contributed by atoms with van der Waals surface area (Å²) in [4.78, 5) is 19.6. The second-order valence-electron chi connectivity index (χ2n) is 6.57. The van der Waals surface area contributed by atoms with Crippen molar-refractivity contribution in [3.05, 3.63) is 0 Å². The van der Waals surface area contributed by atoms with Gasteiger partial charge in [0.15, 0.2) is 0 Å². The first kappa shape index (κ1) is 14.3. The minimum Gasteiger partial charge on any atom is -0.336 e. The average molecular weight is 280 g/mol. The molecular formula is C15H28N4O. The minimum absolute atomic E-state index is 0.338. The highest BCUT2D eigenvalue weighted by Crippen LogP contribution is 2.24. The van der Waals surface area contributed by atoms with E-state index in [-0.39, 0.29) is 0 Å². The molecular weight excluding hydrogens is 252 g/mol. The summed E-state index contributed by atoms with van der Waals surface area (Å²) in [6.07, 6.45) is 3.93. The molecule has 1 amide bonds. The lowest BCUT2D eigenvalue weighted by molar-refractivity contribution is -0.139. The molecule has 0 saturated carbocycles. The summed E-state index contributed by atoms with van der Waals surface area (Å²) in [5, 5.41) is 3.34. The van der Waals surface area contributed by atoms with Crippen LogP contribution in [0.3, 0.4) is 0 Å². The number of carbonyl (C=O) groups excluding carboxylic acids is 1. The summed E-state index contributed by atoms with van der Waals surface area (Å²) in [5.74, 6) is 0.338. The summed E-state index contributed by atoms with van der Waals surface area (Å²) in [5.41, 5.74) is 0. The van der Waals surface area contributed by atoms with E-state index in [4.69, 9.17) is 0 Å². The maximum Gasteiger partial charge on any atom is 0.237 e. The molecule has 3 fully saturated rings. The van der Waals surface area contributed by atoms with Crippen molar-refractivity contribution >= 4 is 5.91 Å². The van der Waals surface area contributed by atoms with Crippen molar-refractivity contribution in [1.82, 2.24) is 20.0 Å². The molecule has 3 rings (SSSR count). The molecule has 0 aliphatic carbocycles. The molecule has 2 unspecified atom stereocenters. The van der Waals surface area contributed by atoms with Gasteiger partial charge in [0, 0.05) is 51.4 Å². The number of piperazine rings is 2. The number of nitrogens with one attached hydrogen (secondary N) is 1. The van der Waals surface area contributed by atoms with E-state index < -0.39 is 0 Å². The van der Waals surface area contributed by atoms with Gasteiger partial charge in [-0.1, -0.05) is 6.42 Å². The van der Waals surface area contributed by atoms with Crippen molar-refractivity contribution in [2.75, 3.05) is 52.4 Å². The van der Waals surface area contributed by atoms with Crippen LogP contribution in [0.1, 0.15) is 26.2 Å². The van der Waals surface area contributed by atoms with Crippen molar-refractivity contribution in [1.29, 1.82) is 0 Å². The quantitative estimate of drug-likeness (QED) is 0.771. The van der Waals surface area contributed by atoms with Gasteiger partial charge < -0.3 is 10.2 Å². The number of nitrogens with zero attached hydrogens (tertiary/aromatic N) is 3. The largest absolute Gasteiger partial charge is 0.336 e. The lowest BCUT2D eigenvalue weighted by atomic mass is 9.97. The fraction of sp³-hybridized carbons (Fsp3) is 0.933. The maximum absolute atomic E-state index is 12.6. The van der Waals surface area contributed by atoms with Crippen LogP contribution < -0.4 is 5.32 Å². The number of hydrogen-bond acceptors (Lipinski definition) is 4. The molecule has 3 aliphatic heterocycles. The third-order valence-electron chi connectivity index (χ3n) is 5.08. The standard InChI is InChI=1S/C15H28N4O/c1-13-10-18-7-3-2-4-14(18)11-19(13)15(20)12-17-8-5-16-6-9-17/h13-14,16H,2-12H2,1H3. The summed E-state index contributed by atoms with van der Waals surface area (Å²) in [6, 6.07) is 0.992. The maximum atomic E-state index is 12.6. The van der Waals surface area contributed by atoms with Crippen LogP contribution in [0.25, 0.3) is 0 Å². The molecule has 114 valence electrons. The van der Waals surface area contributed by atoms with Crippen LogP contribution >= 0.6 is 0 Å². The predicted octanol–water partition coefficient (Wildman–Crippen LogP) is -0.0232. The molecule has 3 saturated heterocycles. The van der Waals surface area contributed by atoms with Gasteiger partial charge in [0.2, 0.25) is 5.91 Å². The number of piperidine rings is 1. The molecule has 5 nitrogen and oxygen atoms in total.